The Balaban J connectivity index is 1.64. The van der Waals surface area contributed by atoms with Gasteiger partial charge in [0.15, 0.2) is 6.17 Å². The average molecular weight is 620 g/mol. The lowest BCUT2D eigenvalue weighted by atomic mass is 9.84. The zero-order valence-corrected chi connectivity index (χ0v) is 21.9. The number of halogens is 8. The molecule has 220 valence electrons. The van der Waals surface area contributed by atoms with Gasteiger partial charge in [0, 0.05) is 18.0 Å². The van der Waals surface area contributed by atoms with Gasteiger partial charge in [-0.3, -0.25) is 4.79 Å². The molecule has 2 atom stereocenters. The van der Waals surface area contributed by atoms with E-state index in [2.05, 4.69) is 5.32 Å². The molecular formula is C23H21ClF7N3O5S. The number of urea groups is 1. The minimum absolute atomic E-state index is 0.0747. The summed E-state index contributed by atoms with van der Waals surface area (Å²) in [4.78, 5) is 23.7. The molecule has 2 N–H and O–H groups in total. The fourth-order valence-corrected chi connectivity index (χ4v) is 4.91. The van der Waals surface area contributed by atoms with Crippen molar-refractivity contribution in [1.29, 1.82) is 0 Å². The van der Waals surface area contributed by atoms with Gasteiger partial charge in [0.05, 0.1) is 17.6 Å². The summed E-state index contributed by atoms with van der Waals surface area (Å²) in [5.41, 5.74) is 0.645. The molecule has 2 aromatic carbocycles. The van der Waals surface area contributed by atoms with E-state index in [4.69, 9.17) is 16.3 Å². The monoisotopic (exact) mass is 619 g/mol. The number of ether oxygens (including phenoxy) is 1. The lowest BCUT2D eigenvalue weighted by Crippen LogP contribution is -2.70. The van der Waals surface area contributed by atoms with Crippen LogP contribution in [0.15, 0.2) is 47.4 Å². The van der Waals surface area contributed by atoms with Crippen molar-refractivity contribution in [2.45, 2.75) is 48.0 Å². The van der Waals surface area contributed by atoms with Gasteiger partial charge in [0.1, 0.15) is 5.75 Å². The lowest BCUT2D eigenvalue weighted by molar-refractivity contribution is -0.358. The number of rotatable bonds is 8. The fourth-order valence-electron chi connectivity index (χ4n) is 3.81. The highest BCUT2D eigenvalue weighted by Crippen LogP contribution is 2.55. The summed E-state index contributed by atoms with van der Waals surface area (Å²) in [6, 6.07) is 6.14. The van der Waals surface area contributed by atoms with Crippen LogP contribution in [0.2, 0.25) is 5.02 Å². The predicted molar refractivity (Wildman–Crippen MR) is 127 cm³/mol. The first-order valence-corrected chi connectivity index (χ1v) is 13.2. The zero-order valence-electron chi connectivity index (χ0n) is 20.4. The Morgan fingerprint density at radius 2 is 1.73 bits per heavy atom. The van der Waals surface area contributed by atoms with Crippen molar-refractivity contribution in [3.63, 3.8) is 0 Å². The third-order valence-corrected chi connectivity index (χ3v) is 7.64. The van der Waals surface area contributed by atoms with Crippen LogP contribution in [-0.2, 0) is 16.4 Å². The molecule has 1 fully saturated rings. The normalized spacial score (nSPS) is 21.8. The first kappa shape index (κ1) is 31.3. The molecule has 40 heavy (non-hydrogen) atoms. The summed E-state index contributed by atoms with van der Waals surface area (Å²) in [5.74, 6) is -16.9. The molecule has 1 aliphatic rings. The van der Waals surface area contributed by atoms with Crippen molar-refractivity contribution < 1.29 is 53.6 Å². The first-order chi connectivity index (χ1) is 18.5. The third-order valence-electron chi connectivity index (χ3n) is 6.07. The van der Waals surface area contributed by atoms with Crippen molar-refractivity contribution in [3.8, 4) is 5.75 Å². The van der Waals surface area contributed by atoms with Crippen LogP contribution in [0, 0.1) is 0 Å². The van der Waals surface area contributed by atoms with Gasteiger partial charge < -0.3 is 10.1 Å². The summed E-state index contributed by atoms with van der Waals surface area (Å²) in [7, 11) is -3.63. The number of nitrogens with zero attached hydrogens (tertiary/aromatic N) is 1. The third kappa shape index (κ3) is 5.77. The number of hydrogen-bond donors (Lipinski definition) is 2. The van der Waals surface area contributed by atoms with Crippen molar-refractivity contribution in [3.05, 3.63) is 58.6 Å². The van der Waals surface area contributed by atoms with Gasteiger partial charge in [0.2, 0.25) is 0 Å². The van der Waals surface area contributed by atoms with E-state index in [1.54, 1.807) is 0 Å². The molecule has 0 aromatic heterocycles. The van der Waals surface area contributed by atoms with E-state index in [9.17, 15) is 48.8 Å². The molecule has 1 saturated carbocycles. The molecule has 8 nitrogen and oxygen atoms in total. The first-order valence-electron chi connectivity index (χ1n) is 11.3. The summed E-state index contributed by atoms with van der Waals surface area (Å²) in [5, 5.41) is 0.903. The molecule has 0 saturated heterocycles. The van der Waals surface area contributed by atoms with Crippen LogP contribution in [0.1, 0.15) is 28.8 Å². The number of carbonyl (C=O) groups is 2. The highest BCUT2D eigenvalue weighted by atomic mass is 35.5. The quantitative estimate of drug-likeness (QED) is 0.247. The molecule has 1 aliphatic carbocycles. The number of benzene rings is 2. The number of hydrogen-bond acceptors (Lipinski definition) is 5. The van der Waals surface area contributed by atoms with E-state index in [1.165, 1.54) is 37.4 Å². The number of amides is 3. The molecule has 0 radical (unpaired) electrons. The van der Waals surface area contributed by atoms with Crippen LogP contribution in [0.3, 0.4) is 0 Å². The summed E-state index contributed by atoms with van der Waals surface area (Å²) in [6.07, 6.45) is -6.76. The second-order valence-electron chi connectivity index (χ2n) is 8.65. The maximum atomic E-state index is 14.7. The Morgan fingerprint density at radius 3 is 2.33 bits per heavy atom. The van der Waals surface area contributed by atoms with E-state index < -0.39 is 68.6 Å². The smallest absolute Gasteiger partial charge is 0.367 e. The summed E-state index contributed by atoms with van der Waals surface area (Å²) >= 11 is 5.89. The number of methoxy groups -OCH3 is 1. The van der Waals surface area contributed by atoms with Crippen molar-refractivity contribution in [2.75, 3.05) is 13.7 Å². The molecule has 0 heterocycles. The van der Waals surface area contributed by atoms with E-state index in [0.717, 1.165) is 16.9 Å². The van der Waals surface area contributed by atoms with Gasteiger partial charge in [-0.15, -0.1) is 5.12 Å². The molecule has 0 spiro atoms. The Labute approximate surface area is 228 Å². The number of nitrogens with one attached hydrogen (secondary N) is 2. The Kier molecular flexibility index (Phi) is 8.84. The van der Waals surface area contributed by atoms with Crippen molar-refractivity contribution in [2.24, 2.45) is 0 Å². The Morgan fingerprint density at radius 1 is 1.10 bits per heavy atom. The Bertz CT molecular complexity index is 1380. The van der Waals surface area contributed by atoms with Gasteiger partial charge in [-0.2, -0.15) is 17.6 Å². The maximum Gasteiger partial charge on any atom is 0.367 e. The van der Waals surface area contributed by atoms with E-state index >= 15 is 0 Å². The van der Waals surface area contributed by atoms with Gasteiger partial charge in [-0.05, 0) is 48.7 Å². The molecule has 3 rings (SSSR count). The van der Waals surface area contributed by atoms with Crippen LogP contribution in [0.4, 0.5) is 35.6 Å². The molecule has 2 aromatic rings. The van der Waals surface area contributed by atoms with Crippen LogP contribution >= 0.6 is 11.6 Å². The molecule has 3 amide bonds. The van der Waals surface area contributed by atoms with Crippen molar-refractivity contribution in [1.82, 2.24) is 15.2 Å². The zero-order chi connectivity index (χ0) is 30.1. The van der Waals surface area contributed by atoms with Gasteiger partial charge in [-0.1, -0.05) is 28.2 Å². The standard InChI is InChI=1S/C23H21ClF7N3O5S/c1-39-17-7-4-14(24)12-16(17)19(35)32-11-9-13-2-5-15(6-3-13)40(37,38)33-20(36)34(31)21(26)10-8-18(25)22(27,28)23(21,29)30/h2-7,12,18H,8-11H2,1H3,(H,32,35)(H,33,36). The largest absolute Gasteiger partial charge is 0.496 e. The number of carbonyl (C=O) groups excluding carboxylic acids is 2. The van der Waals surface area contributed by atoms with Crippen molar-refractivity contribution >= 4 is 33.6 Å². The average Bonchev–Trinajstić information content (AvgIpc) is 2.89. The van der Waals surface area contributed by atoms with E-state index in [1.807, 2.05) is 0 Å². The van der Waals surface area contributed by atoms with Crippen LogP contribution in [-0.4, -0.2) is 62.9 Å². The van der Waals surface area contributed by atoms with Gasteiger partial charge >= 0.3 is 17.9 Å². The SMILES string of the molecule is COc1ccc(Cl)cc1C(=O)NCCc1ccc(S(=O)(=O)NC(=O)N(F)C2(F)CCC(F)C(F)(F)C2(F)F)cc1. The van der Waals surface area contributed by atoms with E-state index in [-0.39, 0.29) is 24.3 Å². The van der Waals surface area contributed by atoms with Crippen LogP contribution in [0.5, 0.6) is 5.75 Å². The van der Waals surface area contributed by atoms with Gasteiger partial charge in [-0.25, -0.2) is 26.7 Å². The molecule has 2 unspecified atom stereocenters. The minimum Gasteiger partial charge on any atom is -0.496 e. The topological polar surface area (TPSA) is 105 Å². The predicted octanol–water partition coefficient (Wildman–Crippen LogP) is 4.97. The molecular weight excluding hydrogens is 599 g/mol. The fraction of sp³-hybridized carbons (Fsp3) is 0.391. The summed E-state index contributed by atoms with van der Waals surface area (Å²) < 4.78 is 128. The Hall–Kier alpha value is -3.27. The second-order valence-corrected chi connectivity index (χ2v) is 10.8. The highest BCUT2D eigenvalue weighted by Gasteiger charge is 2.79. The number of alkyl halides is 6. The lowest BCUT2D eigenvalue weighted by Gasteiger charge is -2.44. The van der Waals surface area contributed by atoms with Crippen LogP contribution in [0.25, 0.3) is 0 Å². The summed E-state index contributed by atoms with van der Waals surface area (Å²) in [6.45, 7) is 0.0747. The van der Waals surface area contributed by atoms with Gasteiger partial charge in [0.25, 0.3) is 21.7 Å². The molecule has 17 heteroatoms. The number of sulfonamides is 1. The highest BCUT2D eigenvalue weighted by molar-refractivity contribution is 7.90. The molecule has 0 aliphatic heterocycles. The van der Waals surface area contributed by atoms with E-state index in [0.29, 0.717) is 10.6 Å². The molecule has 0 bridgehead atoms. The van der Waals surface area contributed by atoms with Crippen LogP contribution < -0.4 is 14.8 Å². The second kappa shape index (κ2) is 11.3. The minimum atomic E-state index is -6.01. The maximum absolute atomic E-state index is 14.7.